The van der Waals surface area contributed by atoms with Gasteiger partial charge in [-0.3, -0.25) is 0 Å². The Kier molecular flexibility index (Phi) is 4.53. The molecule has 0 radical (unpaired) electrons. The van der Waals surface area contributed by atoms with Crippen molar-refractivity contribution in [2.45, 2.75) is 19.4 Å². The highest BCUT2D eigenvalue weighted by Gasteiger charge is 2.14. The number of aromatic carboxylic acids is 1. The Bertz CT molecular complexity index is 468. The zero-order valence-electron chi connectivity index (χ0n) is 9.64. The molecule has 90 valence electrons. The van der Waals surface area contributed by atoms with Gasteiger partial charge < -0.3 is 10.0 Å². The van der Waals surface area contributed by atoms with Crippen LogP contribution in [0, 0.1) is 11.3 Å². The highest BCUT2D eigenvalue weighted by Crippen LogP contribution is 2.28. The van der Waals surface area contributed by atoms with Gasteiger partial charge in [0.05, 0.1) is 23.7 Å². The van der Waals surface area contributed by atoms with Crippen molar-refractivity contribution in [3.8, 4) is 6.07 Å². The van der Waals surface area contributed by atoms with Gasteiger partial charge in [-0.05, 0) is 41.1 Å². The molecule has 0 aromatic heterocycles. The summed E-state index contributed by atoms with van der Waals surface area (Å²) in [6, 6.07) is 7.05. The molecule has 1 aromatic carbocycles. The summed E-state index contributed by atoms with van der Waals surface area (Å²) in [5.41, 5.74) is 1.11. The van der Waals surface area contributed by atoms with Gasteiger partial charge in [0.2, 0.25) is 0 Å². The van der Waals surface area contributed by atoms with Gasteiger partial charge in [-0.2, -0.15) is 5.26 Å². The van der Waals surface area contributed by atoms with E-state index in [0.717, 1.165) is 5.69 Å². The number of carboxylic acid groups (broad SMARTS) is 1. The average molecular weight is 297 g/mol. The molecule has 4 nitrogen and oxygen atoms in total. The Hall–Kier alpha value is -1.54. The fraction of sp³-hybridized carbons (Fsp3) is 0.333. The van der Waals surface area contributed by atoms with Crippen LogP contribution in [-0.4, -0.2) is 24.2 Å². The maximum Gasteiger partial charge on any atom is 0.335 e. The lowest BCUT2D eigenvalue weighted by molar-refractivity contribution is 0.0697. The van der Waals surface area contributed by atoms with Gasteiger partial charge in [-0.25, -0.2) is 4.79 Å². The highest BCUT2D eigenvalue weighted by molar-refractivity contribution is 9.10. The fourth-order valence-electron chi connectivity index (χ4n) is 1.43. The smallest absolute Gasteiger partial charge is 0.335 e. The summed E-state index contributed by atoms with van der Waals surface area (Å²) in [7, 11) is 1.88. The summed E-state index contributed by atoms with van der Waals surface area (Å²) in [6.07, 6.45) is 0.420. The number of benzene rings is 1. The second-order valence-corrected chi connectivity index (χ2v) is 4.65. The molecule has 17 heavy (non-hydrogen) atoms. The van der Waals surface area contributed by atoms with Crippen LogP contribution in [0.4, 0.5) is 5.69 Å². The molecule has 5 heteroatoms. The topological polar surface area (TPSA) is 64.3 Å². The first-order valence-electron chi connectivity index (χ1n) is 5.10. The fourth-order valence-corrected chi connectivity index (χ4v) is 2.09. The molecule has 0 spiro atoms. The van der Waals surface area contributed by atoms with E-state index in [1.54, 1.807) is 18.2 Å². The number of rotatable bonds is 4. The van der Waals surface area contributed by atoms with E-state index in [1.165, 1.54) is 0 Å². The van der Waals surface area contributed by atoms with E-state index in [-0.39, 0.29) is 11.6 Å². The van der Waals surface area contributed by atoms with Gasteiger partial charge in [0.25, 0.3) is 0 Å². The number of nitriles is 1. The molecule has 0 saturated heterocycles. The molecule has 1 N–H and O–H groups in total. The standard InChI is InChI=1S/C12H13BrN2O2/c1-8(5-6-14)15(2)11-4-3-9(12(16)17)7-10(11)13/h3-4,7-8H,5H2,1-2H3,(H,16,17). The predicted molar refractivity (Wildman–Crippen MR) is 69.2 cm³/mol. The molecular weight excluding hydrogens is 284 g/mol. The van der Waals surface area contributed by atoms with Crippen LogP contribution < -0.4 is 4.90 Å². The molecule has 1 rings (SSSR count). The molecule has 0 bridgehead atoms. The summed E-state index contributed by atoms with van der Waals surface area (Å²) in [5.74, 6) is -0.954. The molecule has 0 aliphatic rings. The first kappa shape index (κ1) is 13.5. The van der Waals surface area contributed by atoms with Crippen LogP contribution in [0.3, 0.4) is 0 Å². The number of nitrogens with zero attached hydrogens (tertiary/aromatic N) is 2. The lowest BCUT2D eigenvalue weighted by Gasteiger charge is -2.26. The summed E-state index contributed by atoms with van der Waals surface area (Å²) >= 11 is 3.35. The van der Waals surface area contributed by atoms with Crippen LogP contribution >= 0.6 is 15.9 Å². The normalized spacial score (nSPS) is 11.6. The van der Waals surface area contributed by atoms with Crippen molar-refractivity contribution >= 4 is 27.6 Å². The first-order chi connectivity index (χ1) is 7.97. The molecule has 1 atom stereocenters. The molecule has 0 heterocycles. The lowest BCUT2D eigenvalue weighted by atomic mass is 10.1. The van der Waals surface area contributed by atoms with Gasteiger partial charge in [0.15, 0.2) is 0 Å². The van der Waals surface area contributed by atoms with Crippen LogP contribution in [0.1, 0.15) is 23.7 Å². The Morgan fingerprint density at radius 1 is 1.65 bits per heavy atom. The maximum atomic E-state index is 10.8. The van der Waals surface area contributed by atoms with Crippen molar-refractivity contribution in [1.29, 1.82) is 5.26 Å². The minimum atomic E-state index is -0.954. The Balaban J connectivity index is 3.00. The zero-order valence-corrected chi connectivity index (χ0v) is 11.2. The third-order valence-corrected chi connectivity index (χ3v) is 3.26. The maximum absolute atomic E-state index is 10.8. The summed E-state index contributed by atoms with van der Waals surface area (Å²) in [4.78, 5) is 12.7. The summed E-state index contributed by atoms with van der Waals surface area (Å²) in [5, 5.41) is 17.5. The quantitative estimate of drug-likeness (QED) is 0.928. The van der Waals surface area contributed by atoms with Gasteiger partial charge in [0, 0.05) is 17.6 Å². The van der Waals surface area contributed by atoms with E-state index in [0.29, 0.717) is 10.9 Å². The minimum absolute atomic E-state index is 0.0759. The SMILES string of the molecule is CC(CC#N)N(C)c1ccc(C(=O)O)cc1Br. The molecule has 0 saturated carbocycles. The van der Waals surface area contributed by atoms with Crippen molar-refractivity contribution < 1.29 is 9.90 Å². The Morgan fingerprint density at radius 3 is 2.76 bits per heavy atom. The molecular formula is C12H13BrN2O2. The predicted octanol–water partition coefficient (Wildman–Crippen LogP) is 2.89. The first-order valence-corrected chi connectivity index (χ1v) is 5.89. The largest absolute Gasteiger partial charge is 0.478 e. The lowest BCUT2D eigenvalue weighted by Crippen LogP contribution is -2.28. The Labute approximate surface area is 109 Å². The molecule has 0 aliphatic carbocycles. The van der Waals surface area contributed by atoms with E-state index in [9.17, 15) is 4.79 Å². The van der Waals surface area contributed by atoms with Crippen LogP contribution in [0.15, 0.2) is 22.7 Å². The number of carboxylic acids is 1. The zero-order chi connectivity index (χ0) is 13.0. The summed E-state index contributed by atoms with van der Waals surface area (Å²) < 4.78 is 0.713. The Morgan fingerprint density at radius 2 is 2.29 bits per heavy atom. The monoisotopic (exact) mass is 296 g/mol. The van der Waals surface area contributed by atoms with E-state index < -0.39 is 5.97 Å². The molecule has 0 amide bonds. The van der Waals surface area contributed by atoms with Gasteiger partial charge >= 0.3 is 5.97 Å². The van der Waals surface area contributed by atoms with Crippen molar-refractivity contribution in [1.82, 2.24) is 0 Å². The van der Waals surface area contributed by atoms with Crippen molar-refractivity contribution in [2.75, 3.05) is 11.9 Å². The van der Waals surface area contributed by atoms with Gasteiger partial charge in [-0.1, -0.05) is 0 Å². The molecule has 1 aromatic rings. The van der Waals surface area contributed by atoms with Crippen LogP contribution in [0.2, 0.25) is 0 Å². The molecule has 0 aliphatic heterocycles. The van der Waals surface area contributed by atoms with Crippen molar-refractivity contribution in [3.05, 3.63) is 28.2 Å². The third-order valence-electron chi connectivity index (χ3n) is 2.62. The average Bonchev–Trinajstić information content (AvgIpc) is 2.28. The van der Waals surface area contributed by atoms with Crippen molar-refractivity contribution in [3.63, 3.8) is 0 Å². The third kappa shape index (κ3) is 3.21. The highest BCUT2D eigenvalue weighted by atomic mass is 79.9. The van der Waals surface area contributed by atoms with E-state index >= 15 is 0 Å². The van der Waals surface area contributed by atoms with E-state index in [1.807, 2.05) is 18.9 Å². The minimum Gasteiger partial charge on any atom is -0.478 e. The van der Waals surface area contributed by atoms with Crippen molar-refractivity contribution in [2.24, 2.45) is 0 Å². The second-order valence-electron chi connectivity index (χ2n) is 3.79. The van der Waals surface area contributed by atoms with Crippen LogP contribution in [0.5, 0.6) is 0 Å². The number of hydrogen-bond donors (Lipinski definition) is 1. The number of anilines is 1. The number of carbonyl (C=O) groups is 1. The van der Waals surface area contributed by atoms with Gasteiger partial charge in [-0.15, -0.1) is 0 Å². The van der Waals surface area contributed by atoms with Gasteiger partial charge in [0.1, 0.15) is 0 Å². The van der Waals surface area contributed by atoms with E-state index in [2.05, 4.69) is 22.0 Å². The molecule has 0 fully saturated rings. The van der Waals surface area contributed by atoms with Crippen LogP contribution in [0.25, 0.3) is 0 Å². The van der Waals surface area contributed by atoms with E-state index in [4.69, 9.17) is 10.4 Å². The molecule has 1 unspecified atom stereocenters. The second kappa shape index (κ2) is 5.69. The number of halogens is 1. The summed E-state index contributed by atoms with van der Waals surface area (Å²) in [6.45, 7) is 1.95. The van der Waals surface area contributed by atoms with Crippen LogP contribution in [-0.2, 0) is 0 Å². The number of hydrogen-bond acceptors (Lipinski definition) is 3.